The molecule has 1 heterocycles. The summed E-state index contributed by atoms with van der Waals surface area (Å²) < 4.78 is 4.84. The Morgan fingerprint density at radius 2 is 2.30 bits per heavy atom. The van der Waals surface area contributed by atoms with Gasteiger partial charge in [0.25, 0.3) is 0 Å². The SMILES string of the molecule is CC[C@@H](COC(C)=O)C(=N)c1nc(Cl)ncc1[N+](=O)[O-]. The Bertz CT molecular complexity index is 549. The van der Waals surface area contributed by atoms with Crippen molar-refractivity contribution in [3.8, 4) is 0 Å². The third-order valence-corrected chi connectivity index (χ3v) is 2.76. The molecule has 0 unspecified atom stereocenters. The Balaban J connectivity index is 3.08. The molecule has 0 fully saturated rings. The zero-order valence-corrected chi connectivity index (χ0v) is 11.7. The lowest BCUT2D eigenvalue weighted by Gasteiger charge is -2.15. The summed E-state index contributed by atoms with van der Waals surface area (Å²) in [4.78, 5) is 28.3. The van der Waals surface area contributed by atoms with E-state index in [0.29, 0.717) is 6.42 Å². The summed E-state index contributed by atoms with van der Waals surface area (Å²) in [6.45, 7) is 2.99. The van der Waals surface area contributed by atoms with Gasteiger partial charge in [-0.1, -0.05) is 6.92 Å². The standard InChI is InChI=1S/C11H13ClN4O4/c1-3-7(5-20-6(2)17)9(13)10-8(16(18)19)4-14-11(12)15-10/h4,7,13H,3,5H2,1-2H3/t7-/m0/s1. The van der Waals surface area contributed by atoms with Crippen molar-refractivity contribution in [2.24, 2.45) is 5.92 Å². The molecule has 1 atom stereocenters. The molecule has 1 rings (SSSR count). The molecule has 0 aliphatic heterocycles. The van der Waals surface area contributed by atoms with Crippen LogP contribution < -0.4 is 0 Å². The highest BCUT2D eigenvalue weighted by Gasteiger charge is 2.26. The number of aromatic nitrogens is 2. The van der Waals surface area contributed by atoms with E-state index >= 15 is 0 Å². The number of nitro groups is 1. The molecule has 1 aromatic heterocycles. The zero-order valence-electron chi connectivity index (χ0n) is 10.9. The minimum atomic E-state index is -0.682. The second kappa shape index (κ2) is 6.90. The highest BCUT2D eigenvalue weighted by Crippen LogP contribution is 2.21. The normalized spacial score (nSPS) is 11.8. The number of nitrogens with zero attached hydrogens (tertiary/aromatic N) is 3. The average molecular weight is 301 g/mol. The Morgan fingerprint density at radius 1 is 1.65 bits per heavy atom. The summed E-state index contributed by atoms with van der Waals surface area (Å²) in [5, 5.41) is 18.7. The van der Waals surface area contributed by atoms with E-state index in [0.717, 1.165) is 6.20 Å². The first-order valence-electron chi connectivity index (χ1n) is 5.75. The van der Waals surface area contributed by atoms with E-state index in [1.165, 1.54) is 6.92 Å². The van der Waals surface area contributed by atoms with Crippen LogP contribution in [0, 0.1) is 21.4 Å². The van der Waals surface area contributed by atoms with Crippen molar-refractivity contribution in [2.45, 2.75) is 20.3 Å². The molecule has 0 bridgehead atoms. The first kappa shape index (κ1) is 16.0. The van der Waals surface area contributed by atoms with Gasteiger partial charge in [0.15, 0.2) is 5.69 Å². The third-order valence-electron chi connectivity index (χ3n) is 2.58. The van der Waals surface area contributed by atoms with Crippen LogP contribution in [0.4, 0.5) is 5.69 Å². The second-order valence-corrected chi connectivity index (χ2v) is 4.29. The molecule has 0 saturated carbocycles. The summed E-state index contributed by atoms with van der Waals surface area (Å²) in [7, 11) is 0. The summed E-state index contributed by atoms with van der Waals surface area (Å²) in [5.74, 6) is -0.977. The molecule has 0 aliphatic carbocycles. The molecule has 0 aliphatic rings. The average Bonchev–Trinajstić information content (AvgIpc) is 2.38. The Morgan fingerprint density at radius 3 is 2.80 bits per heavy atom. The molecule has 108 valence electrons. The fourth-order valence-corrected chi connectivity index (χ4v) is 1.64. The van der Waals surface area contributed by atoms with Crippen LogP contribution in [0.5, 0.6) is 0 Å². The number of nitrogens with one attached hydrogen (secondary N) is 1. The maximum Gasteiger partial charge on any atom is 0.314 e. The van der Waals surface area contributed by atoms with Crippen LogP contribution in [-0.2, 0) is 9.53 Å². The van der Waals surface area contributed by atoms with Gasteiger partial charge in [0.1, 0.15) is 6.20 Å². The maximum absolute atomic E-state index is 10.9. The number of rotatable bonds is 6. The molecule has 1 aromatic rings. The van der Waals surface area contributed by atoms with Gasteiger partial charge < -0.3 is 10.1 Å². The van der Waals surface area contributed by atoms with E-state index in [2.05, 4.69) is 9.97 Å². The van der Waals surface area contributed by atoms with Gasteiger partial charge in [-0.05, 0) is 18.0 Å². The fourth-order valence-electron chi connectivity index (χ4n) is 1.50. The lowest BCUT2D eigenvalue weighted by molar-refractivity contribution is -0.385. The van der Waals surface area contributed by atoms with E-state index in [4.69, 9.17) is 21.7 Å². The third kappa shape index (κ3) is 3.95. The smallest absolute Gasteiger partial charge is 0.314 e. The highest BCUT2D eigenvalue weighted by molar-refractivity contribution is 6.28. The molecule has 0 amide bonds. The zero-order chi connectivity index (χ0) is 15.3. The lowest BCUT2D eigenvalue weighted by Crippen LogP contribution is -2.23. The van der Waals surface area contributed by atoms with Crippen LogP contribution in [0.2, 0.25) is 5.28 Å². The van der Waals surface area contributed by atoms with Crippen molar-refractivity contribution in [3.05, 3.63) is 27.3 Å². The first-order valence-corrected chi connectivity index (χ1v) is 6.13. The fraction of sp³-hybridized carbons (Fsp3) is 0.455. The van der Waals surface area contributed by atoms with Crippen LogP contribution in [0.1, 0.15) is 26.0 Å². The minimum Gasteiger partial charge on any atom is -0.465 e. The number of ether oxygens (including phenoxy) is 1. The van der Waals surface area contributed by atoms with Gasteiger partial charge in [0.2, 0.25) is 5.28 Å². The van der Waals surface area contributed by atoms with E-state index in [1.54, 1.807) is 6.92 Å². The topological polar surface area (TPSA) is 119 Å². The van der Waals surface area contributed by atoms with Crippen LogP contribution in [-0.4, -0.2) is 33.2 Å². The van der Waals surface area contributed by atoms with Crippen LogP contribution >= 0.6 is 11.6 Å². The van der Waals surface area contributed by atoms with E-state index in [-0.39, 0.29) is 23.3 Å². The summed E-state index contributed by atoms with van der Waals surface area (Å²) in [6.07, 6.45) is 1.42. The Kier molecular flexibility index (Phi) is 5.51. The summed E-state index contributed by atoms with van der Waals surface area (Å²) in [5.41, 5.74) is -0.667. The monoisotopic (exact) mass is 300 g/mol. The number of hydrogen-bond donors (Lipinski definition) is 1. The summed E-state index contributed by atoms with van der Waals surface area (Å²) >= 11 is 5.61. The Labute approximate surface area is 119 Å². The highest BCUT2D eigenvalue weighted by atomic mass is 35.5. The number of esters is 1. The number of carbonyl (C=O) groups is 1. The molecule has 9 heteroatoms. The van der Waals surface area contributed by atoms with Gasteiger partial charge in [-0.15, -0.1) is 0 Å². The Hall–Kier alpha value is -2.09. The van der Waals surface area contributed by atoms with Crippen LogP contribution in [0.3, 0.4) is 0 Å². The van der Waals surface area contributed by atoms with Gasteiger partial charge in [-0.2, -0.15) is 0 Å². The van der Waals surface area contributed by atoms with Gasteiger partial charge in [0, 0.05) is 12.8 Å². The van der Waals surface area contributed by atoms with Crippen molar-refractivity contribution in [3.63, 3.8) is 0 Å². The van der Waals surface area contributed by atoms with Gasteiger partial charge >= 0.3 is 11.7 Å². The molecule has 8 nitrogen and oxygen atoms in total. The van der Waals surface area contributed by atoms with E-state index in [1.807, 2.05) is 0 Å². The predicted molar refractivity (Wildman–Crippen MR) is 70.9 cm³/mol. The number of halogens is 1. The van der Waals surface area contributed by atoms with Gasteiger partial charge in [0.05, 0.1) is 17.2 Å². The van der Waals surface area contributed by atoms with Crippen molar-refractivity contribution in [1.29, 1.82) is 5.41 Å². The molecule has 0 aromatic carbocycles. The largest absolute Gasteiger partial charge is 0.465 e. The molecule has 1 N–H and O–H groups in total. The lowest BCUT2D eigenvalue weighted by atomic mass is 9.98. The van der Waals surface area contributed by atoms with E-state index < -0.39 is 22.5 Å². The molecule has 0 spiro atoms. The first-order chi connectivity index (χ1) is 9.36. The van der Waals surface area contributed by atoms with E-state index in [9.17, 15) is 14.9 Å². The molecular weight excluding hydrogens is 288 g/mol. The van der Waals surface area contributed by atoms with Crippen molar-refractivity contribution in [2.75, 3.05) is 6.61 Å². The molecular formula is C11H13ClN4O4. The van der Waals surface area contributed by atoms with Crippen LogP contribution in [0.15, 0.2) is 6.20 Å². The molecule has 20 heavy (non-hydrogen) atoms. The quantitative estimate of drug-likeness (QED) is 0.282. The van der Waals surface area contributed by atoms with Crippen molar-refractivity contribution < 1.29 is 14.5 Å². The van der Waals surface area contributed by atoms with Gasteiger partial charge in [-0.3, -0.25) is 14.9 Å². The van der Waals surface area contributed by atoms with Crippen molar-refractivity contribution >= 4 is 29.0 Å². The number of carbonyl (C=O) groups excluding carboxylic acids is 1. The second-order valence-electron chi connectivity index (χ2n) is 3.95. The maximum atomic E-state index is 10.9. The molecule has 0 radical (unpaired) electrons. The number of hydrogen-bond acceptors (Lipinski definition) is 7. The van der Waals surface area contributed by atoms with Gasteiger partial charge in [-0.25, -0.2) is 9.97 Å². The molecule has 0 saturated heterocycles. The van der Waals surface area contributed by atoms with Crippen LogP contribution in [0.25, 0.3) is 0 Å². The minimum absolute atomic E-state index is 0.0383. The predicted octanol–water partition coefficient (Wildman–Crippen LogP) is 2.00. The summed E-state index contributed by atoms with van der Waals surface area (Å²) in [6, 6.07) is 0. The van der Waals surface area contributed by atoms with Crippen molar-refractivity contribution in [1.82, 2.24) is 9.97 Å².